The number of imidazole rings is 1. The fraction of sp³-hybridized carbons (Fsp3) is 0.478. The van der Waals surface area contributed by atoms with Crippen molar-refractivity contribution in [2.75, 3.05) is 13.6 Å². The Bertz CT molecular complexity index is 1050. The molecule has 0 spiro atoms. The summed E-state index contributed by atoms with van der Waals surface area (Å²) in [5, 5.41) is 0. The molecule has 1 aromatic carbocycles. The molecule has 1 saturated carbocycles. The van der Waals surface area contributed by atoms with Gasteiger partial charge >= 0.3 is 12.0 Å². The Morgan fingerprint density at radius 1 is 1.10 bits per heavy atom. The normalized spacial score (nSPS) is 21.3. The van der Waals surface area contributed by atoms with Crippen LogP contribution in [-0.4, -0.2) is 45.7 Å². The monoisotopic (exact) mass is 406 g/mol. The van der Waals surface area contributed by atoms with Crippen LogP contribution in [-0.2, 0) is 11.2 Å². The van der Waals surface area contributed by atoms with Gasteiger partial charge in [-0.25, -0.2) is 13.9 Å². The number of nitrogens with zero attached hydrogens (tertiary/aromatic N) is 5. The lowest BCUT2D eigenvalue weighted by Crippen LogP contribution is -2.63. The molecule has 3 amide bonds. The van der Waals surface area contributed by atoms with Crippen LogP contribution in [0.2, 0.25) is 0 Å². The molecule has 2 aromatic rings. The Morgan fingerprint density at radius 3 is 2.50 bits per heavy atom. The van der Waals surface area contributed by atoms with Crippen molar-refractivity contribution in [1.29, 1.82) is 0 Å². The summed E-state index contributed by atoms with van der Waals surface area (Å²) >= 11 is 0. The van der Waals surface area contributed by atoms with E-state index in [2.05, 4.69) is 18.4 Å². The molecule has 3 heterocycles. The minimum absolute atomic E-state index is 0.178. The van der Waals surface area contributed by atoms with E-state index in [-0.39, 0.29) is 11.9 Å². The number of fused-ring (bicyclic) bond motifs is 3. The predicted octanol–water partition coefficient (Wildman–Crippen LogP) is 3.23. The number of rotatable bonds is 4. The second kappa shape index (κ2) is 7.07. The van der Waals surface area contributed by atoms with Gasteiger partial charge in [-0.05, 0) is 51.5 Å². The lowest BCUT2D eigenvalue weighted by molar-refractivity contribution is -0.683. The van der Waals surface area contributed by atoms with Crippen LogP contribution >= 0.6 is 0 Å². The average Bonchev–Trinajstić information content (AvgIpc) is 3.45. The van der Waals surface area contributed by atoms with Gasteiger partial charge in [0.1, 0.15) is 11.4 Å². The quantitative estimate of drug-likeness (QED) is 0.732. The lowest BCUT2D eigenvalue weighted by atomic mass is 10.1. The standard InChI is InChI=1S/C23H28N5O2/c1-15-16(2)28-19-20(24-22(28)27(15)18-11-7-8-12-18)25(3)23(30)26(21(19)29)14-13-17-9-5-4-6-10-17/h4-6,9-10,18-19H,7-8,11-14H2,1-3H3/q+1. The summed E-state index contributed by atoms with van der Waals surface area (Å²) in [7, 11) is 1.73. The van der Waals surface area contributed by atoms with Crippen molar-refractivity contribution >= 4 is 23.7 Å². The zero-order valence-electron chi connectivity index (χ0n) is 17.8. The molecule has 0 bridgehead atoms. The molecule has 5 rings (SSSR count). The zero-order valence-corrected chi connectivity index (χ0v) is 17.8. The molecule has 3 aliphatic rings. The summed E-state index contributed by atoms with van der Waals surface area (Å²) in [5.74, 6) is 1.18. The number of amidine groups is 1. The first-order valence-electron chi connectivity index (χ1n) is 10.8. The molecule has 0 N–H and O–H groups in total. The van der Waals surface area contributed by atoms with E-state index in [1.165, 1.54) is 23.4 Å². The van der Waals surface area contributed by atoms with Crippen molar-refractivity contribution in [2.45, 2.75) is 58.0 Å². The van der Waals surface area contributed by atoms with E-state index in [0.29, 0.717) is 24.8 Å². The van der Waals surface area contributed by atoms with E-state index in [0.717, 1.165) is 30.0 Å². The molecule has 2 aliphatic heterocycles. The van der Waals surface area contributed by atoms with Gasteiger partial charge in [-0.1, -0.05) is 35.3 Å². The molecule has 1 atom stereocenters. The van der Waals surface area contributed by atoms with Crippen LogP contribution in [0.15, 0.2) is 35.3 Å². The van der Waals surface area contributed by atoms with Gasteiger partial charge in [0, 0.05) is 13.6 Å². The van der Waals surface area contributed by atoms with E-state index in [1.54, 1.807) is 11.9 Å². The Balaban J connectivity index is 1.50. The summed E-state index contributed by atoms with van der Waals surface area (Å²) < 4.78 is 4.34. The fourth-order valence-corrected chi connectivity index (χ4v) is 5.15. The van der Waals surface area contributed by atoms with Gasteiger partial charge in [0.2, 0.25) is 11.9 Å². The number of hydrogen-bond acceptors (Lipinski definition) is 3. The maximum absolute atomic E-state index is 13.5. The molecule has 7 nitrogen and oxygen atoms in total. The van der Waals surface area contributed by atoms with E-state index in [4.69, 9.17) is 4.99 Å². The van der Waals surface area contributed by atoms with Crippen molar-refractivity contribution < 1.29 is 14.2 Å². The molecule has 1 unspecified atom stereocenters. The number of carbonyl (C=O) groups is 2. The third-order valence-corrected chi connectivity index (χ3v) is 6.91. The largest absolute Gasteiger partial charge is 0.402 e. The first kappa shape index (κ1) is 19.0. The third-order valence-electron chi connectivity index (χ3n) is 6.91. The minimum atomic E-state index is -0.556. The highest BCUT2D eigenvalue weighted by Crippen LogP contribution is 2.38. The SMILES string of the molecule is Cc1c(C)[n+]2c(n1C1CCCC1)N=C1C2C(=O)N(CCc2ccccc2)C(=O)N1C. The lowest BCUT2D eigenvalue weighted by Gasteiger charge is -2.33. The minimum Gasteiger partial charge on any atom is -0.270 e. The molecule has 156 valence electrons. The topological polar surface area (TPSA) is 61.8 Å². The number of aliphatic imine (C=N–C) groups is 1. The molecule has 0 radical (unpaired) electrons. The van der Waals surface area contributed by atoms with Crippen LogP contribution in [0.5, 0.6) is 0 Å². The smallest absolute Gasteiger partial charge is 0.270 e. The highest BCUT2D eigenvalue weighted by atomic mass is 16.2. The molecular weight excluding hydrogens is 378 g/mol. The van der Waals surface area contributed by atoms with Crippen LogP contribution in [0, 0.1) is 13.8 Å². The van der Waals surface area contributed by atoms with Gasteiger partial charge in [-0.3, -0.25) is 14.6 Å². The highest BCUT2D eigenvalue weighted by Gasteiger charge is 2.54. The Labute approximate surface area is 176 Å². The number of hydrogen-bond donors (Lipinski definition) is 0. The van der Waals surface area contributed by atoms with Gasteiger partial charge in [0.25, 0.3) is 5.91 Å². The van der Waals surface area contributed by atoms with Crippen LogP contribution in [0.1, 0.15) is 54.7 Å². The first-order valence-corrected chi connectivity index (χ1v) is 10.8. The Morgan fingerprint density at radius 2 is 1.80 bits per heavy atom. The molecule has 30 heavy (non-hydrogen) atoms. The zero-order chi connectivity index (χ0) is 21.0. The second-order valence-corrected chi connectivity index (χ2v) is 8.59. The van der Waals surface area contributed by atoms with Crippen molar-refractivity contribution in [3.63, 3.8) is 0 Å². The maximum Gasteiger partial charge on any atom is 0.402 e. The van der Waals surface area contributed by atoms with E-state index in [1.807, 2.05) is 34.9 Å². The van der Waals surface area contributed by atoms with Crippen LogP contribution < -0.4 is 4.57 Å². The molecule has 2 fully saturated rings. The summed E-state index contributed by atoms with van der Waals surface area (Å²) in [5.41, 5.74) is 3.34. The van der Waals surface area contributed by atoms with Crippen molar-refractivity contribution in [1.82, 2.24) is 14.4 Å². The molecule has 7 heteroatoms. The van der Waals surface area contributed by atoms with Crippen LogP contribution in [0.4, 0.5) is 10.7 Å². The molecule has 1 saturated heterocycles. The van der Waals surface area contributed by atoms with Gasteiger partial charge in [0.15, 0.2) is 0 Å². The van der Waals surface area contributed by atoms with Gasteiger partial charge < -0.3 is 0 Å². The number of aromatic nitrogens is 2. The van der Waals surface area contributed by atoms with Gasteiger partial charge in [-0.2, -0.15) is 0 Å². The molecule has 1 aliphatic carbocycles. The second-order valence-electron chi connectivity index (χ2n) is 8.59. The molecule has 1 aromatic heterocycles. The number of benzene rings is 1. The van der Waals surface area contributed by atoms with Gasteiger partial charge in [-0.15, -0.1) is 0 Å². The number of carbonyl (C=O) groups excluding carboxylic acids is 2. The Kier molecular flexibility index (Phi) is 4.49. The predicted molar refractivity (Wildman–Crippen MR) is 113 cm³/mol. The summed E-state index contributed by atoms with van der Waals surface area (Å²) in [6.07, 6.45) is 5.38. The fourth-order valence-electron chi connectivity index (χ4n) is 5.15. The van der Waals surface area contributed by atoms with Crippen LogP contribution in [0.3, 0.4) is 0 Å². The Hall–Kier alpha value is -2.96. The van der Waals surface area contributed by atoms with Gasteiger partial charge in [0.05, 0.1) is 6.04 Å². The number of amides is 3. The highest BCUT2D eigenvalue weighted by molar-refractivity contribution is 6.19. The van der Waals surface area contributed by atoms with E-state index >= 15 is 0 Å². The summed E-state index contributed by atoms with van der Waals surface area (Å²) in [6.45, 7) is 4.54. The van der Waals surface area contributed by atoms with Crippen LogP contribution in [0.25, 0.3) is 0 Å². The number of urea groups is 1. The van der Waals surface area contributed by atoms with E-state index < -0.39 is 6.04 Å². The first-order chi connectivity index (χ1) is 14.5. The van der Waals surface area contributed by atoms with E-state index in [9.17, 15) is 9.59 Å². The number of likely N-dealkylation sites (N-methyl/N-ethyl adjacent to an activating group) is 1. The maximum atomic E-state index is 13.5. The number of imide groups is 1. The van der Waals surface area contributed by atoms with Crippen molar-refractivity contribution in [3.8, 4) is 0 Å². The van der Waals surface area contributed by atoms with Crippen molar-refractivity contribution in [3.05, 3.63) is 47.3 Å². The summed E-state index contributed by atoms with van der Waals surface area (Å²) in [4.78, 5) is 34.3. The summed E-state index contributed by atoms with van der Waals surface area (Å²) in [6, 6.07) is 9.54. The molecular formula is C23H28N5O2+. The van der Waals surface area contributed by atoms with Crippen molar-refractivity contribution in [2.24, 2.45) is 4.99 Å². The average molecular weight is 407 g/mol. The third kappa shape index (κ3) is 2.71.